The fraction of sp³-hybridized carbons (Fsp3) is 0.500. The number of ether oxygens (including phenoxy) is 1. The fourth-order valence-electron chi connectivity index (χ4n) is 1.98. The number of carbonyl (C=O) groups excluding carboxylic acids is 1. The highest BCUT2D eigenvalue weighted by Crippen LogP contribution is 2.25. The summed E-state index contributed by atoms with van der Waals surface area (Å²) < 4.78 is 5.71. The number of amides is 1. The van der Waals surface area contributed by atoms with E-state index in [0.29, 0.717) is 29.6 Å². The van der Waals surface area contributed by atoms with Crippen LogP contribution in [-0.4, -0.2) is 44.1 Å². The second-order valence-electron chi connectivity index (χ2n) is 4.89. The molecule has 5 heteroatoms. The Hall–Kier alpha value is -1.75. The lowest BCUT2D eigenvalue weighted by molar-refractivity contribution is 0.0958. The van der Waals surface area contributed by atoms with Crippen LogP contribution in [0.3, 0.4) is 0 Å². The van der Waals surface area contributed by atoms with Gasteiger partial charge in [-0.05, 0) is 32.0 Å². The highest BCUT2D eigenvalue weighted by atomic mass is 16.5. The molecule has 19 heavy (non-hydrogen) atoms. The molecule has 0 radical (unpaired) electrons. The van der Waals surface area contributed by atoms with E-state index in [1.807, 2.05) is 0 Å². The molecule has 0 spiro atoms. The van der Waals surface area contributed by atoms with Crippen molar-refractivity contribution in [3.05, 3.63) is 23.8 Å². The molecule has 1 fully saturated rings. The lowest BCUT2D eigenvalue weighted by atomic mass is 10.1. The van der Waals surface area contributed by atoms with Crippen molar-refractivity contribution in [1.82, 2.24) is 10.2 Å². The Balaban J connectivity index is 1.97. The lowest BCUT2D eigenvalue weighted by Gasteiger charge is -2.17. The van der Waals surface area contributed by atoms with Gasteiger partial charge in [0.15, 0.2) is 0 Å². The number of anilines is 1. The molecule has 1 saturated carbocycles. The van der Waals surface area contributed by atoms with Crippen LogP contribution < -0.4 is 15.8 Å². The summed E-state index contributed by atoms with van der Waals surface area (Å²) in [5.41, 5.74) is 6.85. The van der Waals surface area contributed by atoms with Gasteiger partial charge in [-0.2, -0.15) is 0 Å². The van der Waals surface area contributed by atoms with Gasteiger partial charge in [-0.1, -0.05) is 0 Å². The van der Waals surface area contributed by atoms with Crippen molar-refractivity contribution in [2.45, 2.75) is 18.9 Å². The van der Waals surface area contributed by atoms with E-state index in [9.17, 15) is 4.79 Å². The zero-order valence-corrected chi connectivity index (χ0v) is 11.5. The van der Waals surface area contributed by atoms with Gasteiger partial charge in [0, 0.05) is 31.4 Å². The molecular formula is C14H21N3O2. The third-order valence-electron chi connectivity index (χ3n) is 3.35. The van der Waals surface area contributed by atoms with Gasteiger partial charge in [0.1, 0.15) is 12.4 Å². The SMILES string of the molecule is CNC(=O)c1ccc(N)cc1OCCN(C)C1CC1. The van der Waals surface area contributed by atoms with E-state index in [0.717, 1.165) is 6.54 Å². The van der Waals surface area contributed by atoms with Crippen molar-refractivity contribution in [1.29, 1.82) is 0 Å². The van der Waals surface area contributed by atoms with Gasteiger partial charge >= 0.3 is 0 Å². The van der Waals surface area contributed by atoms with Crippen LogP contribution in [0.5, 0.6) is 5.75 Å². The molecule has 0 saturated heterocycles. The largest absolute Gasteiger partial charge is 0.491 e. The predicted octanol–water partition coefficient (Wildman–Crippen LogP) is 1.10. The van der Waals surface area contributed by atoms with E-state index in [1.165, 1.54) is 12.8 Å². The maximum absolute atomic E-state index is 11.7. The van der Waals surface area contributed by atoms with Gasteiger partial charge < -0.3 is 20.7 Å². The maximum atomic E-state index is 11.7. The Bertz CT molecular complexity index is 458. The number of nitrogens with zero attached hydrogens (tertiary/aromatic N) is 1. The molecule has 2 rings (SSSR count). The molecule has 5 nitrogen and oxygen atoms in total. The Kier molecular flexibility index (Phi) is 4.27. The first-order valence-electron chi connectivity index (χ1n) is 6.56. The monoisotopic (exact) mass is 263 g/mol. The number of hydrogen-bond donors (Lipinski definition) is 2. The smallest absolute Gasteiger partial charge is 0.254 e. The molecule has 1 aliphatic carbocycles. The first-order chi connectivity index (χ1) is 9.11. The van der Waals surface area contributed by atoms with E-state index in [4.69, 9.17) is 10.5 Å². The van der Waals surface area contributed by atoms with Crippen molar-refractivity contribution in [2.75, 3.05) is 33.0 Å². The highest BCUT2D eigenvalue weighted by molar-refractivity contribution is 5.97. The minimum Gasteiger partial charge on any atom is -0.491 e. The maximum Gasteiger partial charge on any atom is 0.254 e. The highest BCUT2D eigenvalue weighted by Gasteiger charge is 2.25. The van der Waals surface area contributed by atoms with Crippen molar-refractivity contribution in [3.8, 4) is 5.75 Å². The fourth-order valence-corrected chi connectivity index (χ4v) is 1.98. The summed E-state index contributed by atoms with van der Waals surface area (Å²) in [6.07, 6.45) is 2.55. The van der Waals surface area contributed by atoms with Crippen LogP contribution in [0.4, 0.5) is 5.69 Å². The van der Waals surface area contributed by atoms with Gasteiger partial charge in [-0.15, -0.1) is 0 Å². The molecule has 1 amide bonds. The van der Waals surface area contributed by atoms with Gasteiger partial charge in [0.05, 0.1) is 5.56 Å². The molecule has 3 N–H and O–H groups in total. The predicted molar refractivity (Wildman–Crippen MR) is 75.4 cm³/mol. The number of rotatable bonds is 6. The molecule has 1 aliphatic rings. The van der Waals surface area contributed by atoms with Crippen LogP contribution in [0.15, 0.2) is 18.2 Å². The summed E-state index contributed by atoms with van der Waals surface area (Å²) in [5.74, 6) is 0.383. The van der Waals surface area contributed by atoms with Crippen LogP contribution in [0.25, 0.3) is 0 Å². The third kappa shape index (κ3) is 3.61. The number of benzene rings is 1. The summed E-state index contributed by atoms with van der Waals surface area (Å²) in [6, 6.07) is 5.80. The Morgan fingerprint density at radius 3 is 2.89 bits per heavy atom. The van der Waals surface area contributed by atoms with Crippen molar-refractivity contribution in [3.63, 3.8) is 0 Å². The van der Waals surface area contributed by atoms with E-state index in [-0.39, 0.29) is 5.91 Å². The van der Waals surface area contributed by atoms with Crippen molar-refractivity contribution >= 4 is 11.6 Å². The van der Waals surface area contributed by atoms with Crippen molar-refractivity contribution in [2.24, 2.45) is 0 Å². The molecule has 0 atom stereocenters. The molecule has 0 bridgehead atoms. The average Bonchev–Trinajstić information content (AvgIpc) is 3.22. The zero-order valence-electron chi connectivity index (χ0n) is 11.5. The van der Waals surface area contributed by atoms with E-state index >= 15 is 0 Å². The number of likely N-dealkylation sites (N-methyl/N-ethyl adjacent to an activating group) is 1. The molecule has 1 aromatic rings. The van der Waals surface area contributed by atoms with E-state index in [1.54, 1.807) is 25.2 Å². The van der Waals surface area contributed by atoms with Crippen LogP contribution >= 0.6 is 0 Å². The standard InChI is InChI=1S/C14H21N3O2/c1-16-14(18)12-6-3-10(15)9-13(12)19-8-7-17(2)11-4-5-11/h3,6,9,11H,4-5,7-8,15H2,1-2H3,(H,16,18). The molecular weight excluding hydrogens is 242 g/mol. The summed E-state index contributed by atoms with van der Waals surface area (Å²) in [5, 5.41) is 2.60. The van der Waals surface area contributed by atoms with Gasteiger partial charge in [-0.25, -0.2) is 0 Å². The van der Waals surface area contributed by atoms with Gasteiger partial charge in [0.25, 0.3) is 5.91 Å². The van der Waals surface area contributed by atoms with Crippen LogP contribution in [0.1, 0.15) is 23.2 Å². The van der Waals surface area contributed by atoms with Gasteiger partial charge in [0.2, 0.25) is 0 Å². The van der Waals surface area contributed by atoms with Crippen molar-refractivity contribution < 1.29 is 9.53 Å². The summed E-state index contributed by atoms with van der Waals surface area (Å²) in [4.78, 5) is 14.0. The molecule has 0 heterocycles. The zero-order chi connectivity index (χ0) is 13.8. The molecule has 0 aliphatic heterocycles. The number of nitrogens with two attached hydrogens (primary N) is 1. The van der Waals surface area contributed by atoms with E-state index in [2.05, 4.69) is 17.3 Å². The molecule has 104 valence electrons. The first-order valence-corrected chi connectivity index (χ1v) is 6.56. The van der Waals surface area contributed by atoms with Crippen LogP contribution in [-0.2, 0) is 0 Å². The minimum atomic E-state index is -0.162. The number of carbonyl (C=O) groups is 1. The van der Waals surface area contributed by atoms with E-state index < -0.39 is 0 Å². The second-order valence-corrected chi connectivity index (χ2v) is 4.89. The average molecular weight is 263 g/mol. The molecule has 1 aromatic carbocycles. The Morgan fingerprint density at radius 1 is 1.53 bits per heavy atom. The summed E-state index contributed by atoms with van der Waals surface area (Å²) in [7, 11) is 3.70. The Labute approximate surface area is 113 Å². The number of nitrogens with one attached hydrogen (secondary N) is 1. The molecule has 0 aromatic heterocycles. The first kappa shape index (κ1) is 13.7. The normalized spacial score (nSPS) is 14.5. The minimum absolute atomic E-state index is 0.162. The quantitative estimate of drug-likeness (QED) is 0.754. The van der Waals surface area contributed by atoms with Crippen LogP contribution in [0.2, 0.25) is 0 Å². The summed E-state index contributed by atoms with van der Waals surface area (Å²) >= 11 is 0. The third-order valence-corrected chi connectivity index (χ3v) is 3.35. The van der Waals surface area contributed by atoms with Gasteiger partial charge in [-0.3, -0.25) is 4.79 Å². The second kappa shape index (κ2) is 5.93. The number of hydrogen-bond acceptors (Lipinski definition) is 4. The lowest BCUT2D eigenvalue weighted by Crippen LogP contribution is -2.27. The van der Waals surface area contributed by atoms with Crippen LogP contribution in [0, 0.1) is 0 Å². The topological polar surface area (TPSA) is 67.6 Å². The molecule has 0 unspecified atom stereocenters. The Morgan fingerprint density at radius 2 is 2.26 bits per heavy atom. The number of nitrogen functional groups attached to an aromatic ring is 1. The summed E-state index contributed by atoms with van der Waals surface area (Å²) in [6.45, 7) is 1.41.